The van der Waals surface area contributed by atoms with E-state index in [1.54, 1.807) is 6.20 Å². The van der Waals surface area contributed by atoms with Gasteiger partial charge in [0.25, 0.3) is 0 Å². The summed E-state index contributed by atoms with van der Waals surface area (Å²) in [5, 5.41) is 2.77. The van der Waals surface area contributed by atoms with E-state index in [0.29, 0.717) is 42.8 Å². The first-order valence-corrected chi connectivity index (χ1v) is 13.7. The molecule has 10 heteroatoms. The summed E-state index contributed by atoms with van der Waals surface area (Å²) in [7, 11) is 1.29. The molecule has 0 bridgehead atoms. The largest absolute Gasteiger partial charge is 0.467 e. The van der Waals surface area contributed by atoms with Crippen LogP contribution in [0.4, 0.5) is 5.69 Å². The summed E-state index contributed by atoms with van der Waals surface area (Å²) in [6, 6.07) is 19.9. The van der Waals surface area contributed by atoms with Gasteiger partial charge in [0.05, 0.1) is 32.2 Å². The average Bonchev–Trinajstić information content (AvgIpc) is 2.97. The number of para-hydroxylation sites is 1. The normalized spacial score (nSPS) is 14.0. The Balaban J connectivity index is 1.36. The molecule has 1 aliphatic heterocycles. The first kappa shape index (κ1) is 29.5. The maximum atomic E-state index is 12.9. The number of carbonyl (C=O) groups excluding carboxylic acids is 2. The molecular weight excluding hydrogens is 522 g/mol. The number of rotatable bonds is 13. The summed E-state index contributed by atoms with van der Waals surface area (Å²) >= 11 is 0. The van der Waals surface area contributed by atoms with Gasteiger partial charge in [0.15, 0.2) is 12.0 Å². The fourth-order valence-corrected chi connectivity index (χ4v) is 4.67. The molecule has 0 spiro atoms. The molecule has 1 unspecified atom stereocenters. The number of nitrogens with one attached hydrogen (secondary N) is 1. The number of hydrogen-bond acceptors (Lipinski definition) is 9. The third-order valence-corrected chi connectivity index (χ3v) is 6.83. The third kappa shape index (κ3) is 8.28. The monoisotopic (exact) mass is 559 g/mol. The number of hydrogen-bond donors (Lipinski definition) is 2. The summed E-state index contributed by atoms with van der Waals surface area (Å²) in [5.74, 6) is 0.872. The molecule has 0 fully saturated rings. The van der Waals surface area contributed by atoms with E-state index in [1.807, 2.05) is 71.6 Å². The number of esters is 1. The lowest BCUT2D eigenvalue weighted by atomic mass is 9.96. The fraction of sp³-hybridized carbons (Fsp3) is 0.355. The number of nitrogens with zero attached hydrogens (tertiary/aromatic N) is 3. The van der Waals surface area contributed by atoms with Gasteiger partial charge in [-0.1, -0.05) is 62.4 Å². The Hall–Kier alpha value is -4.44. The van der Waals surface area contributed by atoms with Crippen LogP contribution in [0.15, 0.2) is 77.9 Å². The lowest BCUT2D eigenvalue weighted by Gasteiger charge is -2.37. The van der Waals surface area contributed by atoms with Gasteiger partial charge in [0, 0.05) is 30.6 Å². The average molecular weight is 560 g/mol. The van der Waals surface area contributed by atoms with E-state index in [-0.39, 0.29) is 30.9 Å². The molecule has 0 aliphatic carbocycles. The molecule has 2 heterocycles. The number of benzene rings is 2. The summed E-state index contributed by atoms with van der Waals surface area (Å²) in [6.07, 6.45) is 2.35. The van der Waals surface area contributed by atoms with Crippen LogP contribution in [0.3, 0.4) is 0 Å². The number of methoxy groups -OCH3 is 1. The zero-order valence-corrected chi connectivity index (χ0v) is 23.7. The van der Waals surface area contributed by atoms with Crippen molar-refractivity contribution in [1.29, 1.82) is 0 Å². The number of amides is 1. The molecule has 3 aromatic rings. The molecule has 4 rings (SSSR count). The Morgan fingerprint density at radius 3 is 2.46 bits per heavy atom. The van der Waals surface area contributed by atoms with Crippen molar-refractivity contribution in [3.63, 3.8) is 0 Å². The SMILES string of the molecule is COC(=O)C(COCc1ccccc1)NC(=O)CC[C@@H](C(C)C)N1Cc2cc(Oc3ccccc3)ncc2N=C1N. The van der Waals surface area contributed by atoms with Crippen LogP contribution < -0.4 is 15.8 Å². The van der Waals surface area contributed by atoms with Crippen LogP contribution in [0, 0.1) is 5.92 Å². The van der Waals surface area contributed by atoms with Gasteiger partial charge < -0.3 is 30.2 Å². The molecule has 1 aliphatic rings. The highest BCUT2D eigenvalue weighted by molar-refractivity contribution is 5.85. The van der Waals surface area contributed by atoms with Gasteiger partial charge in [0.2, 0.25) is 11.8 Å². The van der Waals surface area contributed by atoms with Crippen molar-refractivity contribution in [3.05, 3.63) is 84.1 Å². The molecule has 0 radical (unpaired) electrons. The van der Waals surface area contributed by atoms with Crippen molar-refractivity contribution in [2.24, 2.45) is 16.6 Å². The number of guanidine groups is 1. The number of nitrogens with two attached hydrogens (primary N) is 1. The first-order chi connectivity index (χ1) is 19.8. The number of pyridine rings is 1. The standard InChI is InChI=1S/C31H37N5O5/c1-21(2)27(14-15-28(37)34-26(30(38)39-3)20-40-19-22-10-6-4-7-11-22)36-18-23-16-29(33-17-25(23)35-31(36)32)41-24-12-8-5-9-13-24/h4-13,16-17,21,26-27H,14-15,18-20H2,1-3H3,(H2,32,35)(H,34,37)/t26?,27-/m0/s1. The quantitative estimate of drug-likeness (QED) is 0.297. The van der Waals surface area contributed by atoms with Crippen LogP contribution in [-0.4, -0.2) is 53.5 Å². The Kier molecular flexibility index (Phi) is 10.3. The molecule has 3 N–H and O–H groups in total. The lowest BCUT2D eigenvalue weighted by molar-refractivity contribution is -0.147. The van der Waals surface area contributed by atoms with Gasteiger partial charge in [-0.3, -0.25) is 4.79 Å². The second-order valence-corrected chi connectivity index (χ2v) is 10.2. The van der Waals surface area contributed by atoms with E-state index in [9.17, 15) is 9.59 Å². The molecule has 41 heavy (non-hydrogen) atoms. The molecule has 1 aromatic heterocycles. The number of aliphatic imine (C=N–C) groups is 1. The Morgan fingerprint density at radius 1 is 1.07 bits per heavy atom. The maximum Gasteiger partial charge on any atom is 0.330 e. The highest BCUT2D eigenvalue weighted by Crippen LogP contribution is 2.32. The number of ether oxygens (including phenoxy) is 3. The molecule has 2 atom stereocenters. The number of aromatic nitrogens is 1. The van der Waals surface area contributed by atoms with E-state index in [0.717, 1.165) is 11.1 Å². The smallest absolute Gasteiger partial charge is 0.330 e. The maximum absolute atomic E-state index is 12.9. The van der Waals surface area contributed by atoms with Crippen molar-refractivity contribution >= 4 is 23.5 Å². The summed E-state index contributed by atoms with van der Waals surface area (Å²) in [5.41, 5.74) is 8.97. The molecular formula is C31H37N5O5. The Morgan fingerprint density at radius 2 is 1.78 bits per heavy atom. The van der Waals surface area contributed by atoms with E-state index >= 15 is 0 Å². The van der Waals surface area contributed by atoms with E-state index in [1.165, 1.54) is 7.11 Å². The van der Waals surface area contributed by atoms with Gasteiger partial charge in [-0.05, 0) is 30.0 Å². The zero-order chi connectivity index (χ0) is 29.2. The van der Waals surface area contributed by atoms with E-state index in [2.05, 4.69) is 29.1 Å². The highest BCUT2D eigenvalue weighted by atomic mass is 16.5. The van der Waals surface area contributed by atoms with Gasteiger partial charge in [0.1, 0.15) is 5.75 Å². The first-order valence-electron chi connectivity index (χ1n) is 13.7. The lowest BCUT2D eigenvalue weighted by Crippen LogP contribution is -2.49. The molecule has 10 nitrogen and oxygen atoms in total. The van der Waals surface area contributed by atoms with Gasteiger partial charge in [-0.15, -0.1) is 0 Å². The third-order valence-electron chi connectivity index (χ3n) is 6.83. The topological polar surface area (TPSA) is 128 Å². The van der Waals surface area contributed by atoms with Crippen LogP contribution in [0.25, 0.3) is 0 Å². The van der Waals surface area contributed by atoms with Crippen molar-refractivity contribution in [2.75, 3.05) is 13.7 Å². The molecule has 216 valence electrons. The second-order valence-electron chi connectivity index (χ2n) is 10.2. The molecule has 2 aromatic carbocycles. The molecule has 1 amide bonds. The van der Waals surface area contributed by atoms with Crippen molar-refractivity contribution < 1.29 is 23.8 Å². The summed E-state index contributed by atoms with van der Waals surface area (Å²) in [4.78, 5) is 36.2. The van der Waals surface area contributed by atoms with E-state index in [4.69, 9.17) is 19.9 Å². The van der Waals surface area contributed by atoms with Crippen LogP contribution in [-0.2, 0) is 32.2 Å². The predicted molar refractivity (Wildman–Crippen MR) is 155 cm³/mol. The van der Waals surface area contributed by atoms with Crippen molar-refractivity contribution in [3.8, 4) is 11.6 Å². The number of fused-ring (bicyclic) bond motifs is 1. The van der Waals surface area contributed by atoms with Crippen LogP contribution in [0.2, 0.25) is 0 Å². The summed E-state index contributed by atoms with van der Waals surface area (Å²) in [6.45, 7) is 4.99. The van der Waals surface area contributed by atoms with E-state index < -0.39 is 12.0 Å². The van der Waals surface area contributed by atoms with Gasteiger partial charge in [-0.25, -0.2) is 14.8 Å². The zero-order valence-electron chi connectivity index (χ0n) is 23.7. The van der Waals surface area contributed by atoms with Crippen LogP contribution in [0.5, 0.6) is 11.6 Å². The highest BCUT2D eigenvalue weighted by Gasteiger charge is 2.29. The van der Waals surface area contributed by atoms with Gasteiger partial charge in [-0.2, -0.15) is 0 Å². The Labute approximate surface area is 240 Å². The van der Waals surface area contributed by atoms with Crippen molar-refractivity contribution in [1.82, 2.24) is 15.2 Å². The number of carbonyl (C=O) groups is 2. The second kappa shape index (κ2) is 14.3. The van der Waals surface area contributed by atoms with Gasteiger partial charge >= 0.3 is 5.97 Å². The predicted octanol–water partition coefficient (Wildman–Crippen LogP) is 4.32. The fourth-order valence-electron chi connectivity index (χ4n) is 4.67. The minimum absolute atomic E-state index is 0.00481. The molecule has 0 saturated heterocycles. The van der Waals surface area contributed by atoms with Crippen LogP contribution >= 0.6 is 0 Å². The molecule has 0 saturated carbocycles. The van der Waals surface area contributed by atoms with Crippen molar-refractivity contribution in [2.45, 2.75) is 51.9 Å². The minimum atomic E-state index is -0.905. The van der Waals surface area contributed by atoms with Crippen LogP contribution in [0.1, 0.15) is 37.8 Å². The summed E-state index contributed by atoms with van der Waals surface area (Å²) < 4.78 is 16.5. The Bertz CT molecular complexity index is 1330. The minimum Gasteiger partial charge on any atom is -0.467 e.